The third kappa shape index (κ3) is 2.40. The van der Waals surface area contributed by atoms with Gasteiger partial charge < -0.3 is 14.6 Å². The number of ether oxygens (including phenoxy) is 2. The van der Waals surface area contributed by atoms with E-state index >= 15 is 8.78 Å². The summed E-state index contributed by atoms with van der Waals surface area (Å²) >= 11 is 12.2. The van der Waals surface area contributed by atoms with Gasteiger partial charge in [-0.15, -0.1) is 0 Å². The van der Waals surface area contributed by atoms with E-state index in [0.717, 1.165) is 0 Å². The van der Waals surface area contributed by atoms with Gasteiger partial charge in [0.05, 0.1) is 11.1 Å². The van der Waals surface area contributed by atoms with Gasteiger partial charge in [0, 0.05) is 16.7 Å². The highest BCUT2D eigenvalue weighted by molar-refractivity contribution is 7.81. The Morgan fingerprint density at radius 3 is 2.52 bits per heavy atom. The molecule has 9 atom stereocenters. The van der Waals surface area contributed by atoms with Crippen LogP contribution in [0.4, 0.5) is 8.78 Å². The maximum Gasteiger partial charge on any atom is 0.199 e. The lowest BCUT2D eigenvalue weighted by Crippen LogP contribution is -2.69. The molecule has 171 valence electrons. The van der Waals surface area contributed by atoms with E-state index in [2.05, 4.69) is 0 Å². The molecule has 1 saturated heterocycles. The third-order valence-electron chi connectivity index (χ3n) is 8.89. The molecule has 0 spiro atoms. The summed E-state index contributed by atoms with van der Waals surface area (Å²) in [6, 6.07) is 0. The molecule has 4 fully saturated rings. The second kappa shape index (κ2) is 6.15. The van der Waals surface area contributed by atoms with E-state index in [4.69, 9.17) is 33.7 Å². The summed E-state index contributed by atoms with van der Waals surface area (Å²) < 4.78 is 45.1. The number of halogens is 3. The SMILES string of the molecule is CC1=C[C@@]2(C)C(=C(Cl)C1=O)[C@@H](F)CC1C3C[C@H]4OC(C)(C)O[C@@]4([S])[C@@]3(C)C[C@H](O)[C@@]12F. The molecule has 8 heteroatoms. The number of fused-ring (bicyclic) bond motifs is 7. The van der Waals surface area contributed by atoms with Gasteiger partial charge in [-0.05, 0) is 64.0 Å². The van der Waals surface area contributed by atoms with Crippen molar-refractivity contribution in [1.82, 2.24) is 0 Å². The second-order valence-corrected chi connectivity index (χ2v) is 11.9. The zero-order valence-electron chi connectivity index (χ0n) is 18.3. The van der Waals surface area contributed by atoms with E-state index in [1.54, 1.807) is 27.7 Å². The molecule has 31 heavy (non-hydrogen) atoms. The van der Waals surface area contributed by atoms with Gasteiger partial charge in [0.1, 0.15) is 12.3 Å². The van der Waals surface area contributed by atoms with E-state index in [9.17, 15) is 9.90 Å². The van der Waals surface area contributed by atoms with E-state index in [0.29, 0.717) is 6.42 Å². The molecular formula is C23H28ClF2O4S. The summed E-state index contributed by atoms with van der Waals surface area (Å²) in [4.78, 5) is 11.3. The molecule has 1 aliphatic heterocycles. The summed E-state index contributed by atoms with van der Waals surface area (Å²) in [5, 5.41) is 11.1. The number of aliphatic hydroxyl groups excluding tert-OH is 1. The van der Waals surface area contributed by atoms with Crippen molar-refractivity contribution in [3.05, 3.63) is 22.3 Å². The Morgan fingerprint density at radius 2 is 1.87 bits per heavy atom. The predicted molar refractivity (Wildman–Crippen MR) is 114 cm³/mol. The summed E-state index contributed by atoms with van der Waals surface area (Å²) in [7, 11) is 0. The Kier molecular flexibility index (Phi) is 4.43. The number of aliphatic hydroxyl groups is 1. The monoisotopic (exact) mass is 473 g/mol. The van der Waals surface area contributed by atoms with Gasteiger partial charge >= 0.3 is 0 Å². The quantitative estimate of drug-likeness (QED) is 0.542. The van der Waals surface area contributed by atoms with E-state index in [1.807, 2.05) is 6.92 Å². The minimum atomic E-state index is -2.20. The average Bonchev–Trinajstić information content (AvgIpc) is 2.99. The lowest BCUT2D eigenvalue weighted by Gasteiger charge is -2.63. The Morgan fingerprint density at radius 1 is 1.23 bits per heavy atom. The van der Waals surface area contributed by atoms with Crippen LogP contribution < -0.4 is 0 Å². The summed E-state index contributed by atoms with van der Waals surface area (Å²) in [5.41, 5.74) is -4.29. The number of ketones is 1. The van der Waals surface area contributed by atoms with Crippen LogP contribution in [0.1, 0.15) is 53.9 Å². The molecule has 1 radical (unpaired) electrons. The summed E-state index contributed by atoms with van der Waals surface area (Å²) in [6.45, 7) is 8.61. The van der Waals surface area contributed by atoms with Crippen molar-refractivity contribution in [2.75, 3.05) is 0 Å². The van der Waals surface area contributed by atoms with Crippen LogP contribution in [0.15, 0.2) is 22.3 Å². The van der Waals surface area contributed by atoms with Crippen molar-refractivity contribution in [1.29, 1.82) is 0 Å². The van der Waals surface area contributed by atoms with Crippen LogP contribution in [0, 0.1) is 22.7 Å². The number of rotatable bonds is 0. The average molecular weight is 474 g/mol. The molecule has 2 unspecified atom stereocenters. The fourth-order valence-corrected chi connectivity index (χ4v) is 8.63. The lowest BCUT2D eigenvalue weighted by atomic mass is 9.45. The Balaban J connectivity index is 1.66. The van der Waals surface area contributed by atoms with Crippen molar-refractivity contribution < 1.29 is 28.2 Å². The van der Waals surface area contributed by atoms with E-state index < -0.39 is 57.3 Å². The van der Waals surface area contributed by atoms with Crippen LogP contribution in [0.5, 0.6) is 0 Å². The number of hydrogen-bond acceptors (Lipinski definition) is 4. The molecule has 4 aliphatic carbocycles. The number of carbonyl (C=O) groups is 1. The molecule has 0 amide bonds. The van der Waals surface area contributed by atoms with Gasteiger partial charge in [0.25, 0.3) is 0 Å². The fourth-order valence-electron chi connectivity index (χ4n) is 7.59. The van der Waals surface area contributed by atoms with Gasteiger partial charge in [-0.1, -0.05) is 37.2 Å². The minimum Gasteiger partial charge on any atom is -0.390 e. The standard InChI is InChI=1S/C23H28ClF2O4S/c1-10-8-21(5)16(17(24)18(10)28)13(25)6-12-11-7-15-23(31,30-19(2,3)29-15)20(11,4)9-14(27)22(12,21)26/h8,11-15,27H,6-7,9H2,1-5H3/t11?,12?,13-,14-,15+,20-,21-,22-,23-/m0/s1. The second-order valence-electron chi connectivity index (χ2n) is 10.9. The van der Waals surface area contributed by atoms with Crippen molar-refractivity contribution in [2.45, 2.75) is 88.6 Å². The van der Waals surface area contributed by atoms with Crippen LogP contribution in [-0.2, 0) is 14.3 Å². The molecule has 3 saturated carbocycles. The number of Topliss-reactive ketones (excluding diaryl/α,β-unsaturated/α-hetero) is 1. The summed E-state index contributed by atoms with van der Waals surface area (Å²) in [5.74, 6) is -2.53. The van der Waals surface area contributed by atoms with Crippen LogP contribution in [-0.4, -0.2) is 45.7 Å². The zero-order chi connectivity index (χ0) is 22.9. The van der Waals surface area contributed by atoms with Crippen molar-refractivity contribution in [3.8, 4) is 0 Å². The number of allylic oxidation sites excluding steroid dienone is 4. The van der Waals surface area contributed by atoms with Crippen molar-refractivity contribution in [3.63, 3.8) is 0 Å². The third-order valence-corrected chi connectivity index (χ3v) is 10.1. The van der Waals surface area contributed by atoms with Gasteiger partial charge in [-0.25, -0.2) is 8.78 Å². The van der Waals surface area contributed by atoms with Crippen LogP contribution in [0.2, 0.25) is 0 Å². The molecule has 0 aromatic rings. The molecule has 1 N–H and O–H groups in total. The first kappa shape index (κ1) is 22.3. The van der Waals surface area contributed by atoms with Crippen LogP contribution in [0.25, 0.3) is 0 Å². The topological polar surface area (TPSA) is 55.8 Å². The number of alkyl halides is 2. The van der Waals surface area contributed by atoms with Crippen LogP contribution >= 0.6 is 24.2 Å². The van der Waals surface area contributed by atoms with Gasteiger partial charge in [-0.2, -0.15) is 0 Å². The van der Waals surface area contributed by atoms with Gasteiger partial charge in [0.2, 0.25) is 0 Å². The largest absolute Gasteiger partial charge is 0.390 e. The molecular weight excluding hydrogens is 446 g/mol. The molecule has 1 heterocycles. The summed E-state index contributed by atoms with van der Waals surface area (Å²) in [6.07, 6.45) is -1.68. The van der Waals surface area contributed by atoms with Crippen molar-refractivity contribution >= 4 is 30.0 Å². The zero-order valence-corrected chi connectivity index (χ0v) is 19.9. The molecule has 0 aromatic heterocycles. The minimum absolute atomic E-state index is 0.0499. The lowest BCUT2D eigenvalue weighted by molar-refractivity contribution is -0.235. The highest BCUT2D eigenvalue weighted by Gasteiger charge is 2.78. The predicted octanol–water partition coefficient (Wildman–Crippen LogP) is 4.92. The van der Waals surface area contributed by atoms with Crippen LogP contribution in [0.3, 0.4) is 0 Å². The normalized spacial score (nSPS) is 55.4. The fraction of sp³-hybridized carbons (Fsp3) is 0.783. The molecule has 0 aromatic carbocycles. The maximum atomic E-state index is 17.3. The van der Waals surface area contributed by atoms with E-state index in [1.165, 1.54) is 6.08 Å². The molecule has 5 rings (SSSR count). The van der Waals surface area contributed by atoms with Crippen molar-refractivity contribution in [2.24, 2.45) is 22.7 Å². The Hall–Kier alpha value is -0.470. The number of hydrogen-bond donors (Lipinski definition) is 1. The molecule has 0 bridgehead atoms. The Labute approximate surface area is 191 Å². The first-order chi connectivity index (χ1) is 14.1. The first-order valence-corrected chi connectivity index (χ1v) is 11.6. The maximum absolute atomic E-state index is 17.3. The highest BCUT2D eigenvalue weighted by atomic mass is 35.5. The smallest absolute Gasteiger partial charge is 0.199 e. The van der Waals surface area contributed by atoms with Gasteiger partial charge in [0.15, 0.2) is 22.2 Å². The first-order valence-electron chi connectivity index (χ1n) is 10.9. The highest BCUT2D eigenvalue weighted by Crippen LogP contribution is 2.73. The molecule has 5 aliphatic rings. The number of carbonyl (C=O) groups excluding carboxylic acids is 1. The van der Waals surface area contributed by atoms with Gasteiger partial charge in [-0.3, -0.25) is 4.79 Å². The van der Waals surface area contributed by atoms with E-state index in [-0.39, 0.29) is 34.9 Å². The molecule has 4 nitrogen and oxygen atoms in total. The Bertz CT molecular complexity index is 952.